The number of aromatic nitrogens is 2. The molecule has 1 unspecified atom stereocenters. The molecule has 0 radical (unpaired) electrons. The van der Waals surface area contributed by atoms with Gasteiger partial charge in [0.05, 0.1) is 11.7 Å². The Hall–Kier alpha value is -2.38. The van der Waals surface area contributed by atoms with Crippen molar-refractivity contribution in [3.05, 3.63) is 68.0 Å². The zero-order chi connectivity index (χ0) is 17.5. The average Bonchev–Trinajstić information content (AvgIpc) is 2.56. The number of H-pyrrole nitrogens is 1. The third kappa shape index (κ3) is 5.07. The van der Waals surface area contributed by atoms with Gasteiger partial charge in [0, 0.05) is 30.9 Å². The summed E-state index contributed by atoms with van der Waals surface area (Å²) in [5.74, 6) is -0.499. The average molecular weight is 353 g/mol. The predicted molar refractivity (Wildman–Crippen MR) is 88.5 cm³/mol. The Labute approximate surface area is 142 Å². The van der Waals surface area contributed by atoms with Crippen molar-refractivity contribution in [3.63, 3.8) is 0 Å². The van der Waals surface area contributed by atoms with E-state index < -0.39 is 17.2 Å². The van der Waals surface area contributed by atoms with E-state index >= 15 is 0 Å². The molecule has 2 aromatic rings. The van der Waals surface area contributed by atoms with E-state index in [0.29, 0.717) is 23.6 Å². The maximum absolute atomic E-state index is 12.0. The summed E-state index contributed by atoms with van der Waals surface area (Å²) in [5, 5.41) is 0.449. The number of benzene rings is 1. The number of nitrogens with zero attached hydrogens (tertiary/aromatic N) is 1. The number of carbonyl (C=O) groups excluding carboxylic acids is 1. The zero-order valence-electron chi connectivity index (χ0n) is 13.0. The van der Waals surface area contributed by atoms with Crippen molar-refractivity contribution in [1.82, 2.24) is 9.55 Å². The van der Waals surface area contributed by atoms with Crippen LogP contribution in [0.4, 0.5) is 0 Å². The fourth-order valence-corrected chi connectivity index (χ4v) is 2.23. The largest absolute Gasteiger partial charge is 0.459 e. The normalized spacial score (nSPS) is 11.9. The van der Waals surface area contributed by atoms with Crippen molar-refractivity contribution < 1.29 is 14.3 Å². The van der Waals surface area contributed by atoms with Crippen LogP contribution in [0.3, 0.4) is 0 Å². The van der Waals surface area contributed by atoms with Crippen LogP contribution in [-0.2, 0) is 16.0 Å². The van der Waals surface area contributed by atoms with Crippen LogP contribution in [0.1, 0.15) is 16.8 Å². The molecule has 0 aliphatic rings. The minimum atomic E-state index is -0.499. The summed E-state index contributed by atoms with van der Waals surface area (Å²) in [6.07, 6.45) is 1.46. The molecule has 0 saturated carbocycles. The molecule has 1 aromatic carbocycles. The number of nitrogens with one attached hydrogen (secondary N) is 1. The van der Waals surface area contributed by atoms with E-state index in [4.69, 9.17) is 21.1 Å². The number of carbonyl (C=O) groups is 1. The third-order valence-electron chi connectivity index (χ3n) is 3.38. The molecule has 2 rings (SSSR count). The van der Waals surface area contributed by atoms with E-state index in [0.717, 1.165) is 0 Å². The first-order valence-corrected chi connectivity index (χ1v) is 7.62. The summed E-state index contributed by atoms with van der Waals surface area (Å²) in [6.45, 7) is 0.364. The van der Waals surface area contributed by atoms with Crippen LogP contribution in [0.15, 0.2) is 46.1 Å². The summed E-state index contributed by atoms with van der Waals surface area (Å²) >= 11 is 5.83. The van der Waals surface area contributed by atoms with Crippen molar-refractivity contribution in [3.8, 4) is 0 Å². The Morgan fingerprint density at radius 1 is 1.33 bits per heavy atom. The molecular weight excluding hydrogens is 336 g/mol. The smallest absolute Gasteiger partial charge is 0.338 e. The van der Waals surface area contributed by atoms with Gasteiger partial charge in [-0.05, 0) is 24.6 Å². The van der Waals surface area contributed by atoms with Crippen LogP contribution in [0.5, 0.6) is 0 Å². The van der Waals surface area contributed by atoms with Gasteiger partial charge in [-0.25, -0.2) is 9.59 Å². The molecule has 0 aliphatic heterocycles. The molecule has 1 atom stereocenters. The summed E-state index contributed by atoms with van der Waals surface area (Å²) in [6, 6.07) is 7.72. The lowest BCUT2D eigenvalue weighted by molar-refractivity contribution is 0.00650. The van der Waals surface area contributed by atoms with E-state index in [9.17, 15) is 14.4 Å². The van der Waals surface area contributed by atoms with Gasteiger partial charge in [0.25, 0.3) is 5.56 Å². The van der Waals surface area contributed by atoms with Crippen molar-refractivity contribution in [1.29, 1.82) is 0 Å². The highest BCUT2D eigenvalue weighted by molar-refractivity contribution is 6.30. The monoisotopic (exact) mass is 352 g/mol. The Balaban J connectivity index is 1.89. The highest BCUT2D eigenvalue weighted by atomic mass is 35.5. The molecule has 0 saturated heterocycles. The molecule has 0 aliphatic carbocycles. The van der Waals surface area contributed by atoms with Crippen LogP contribution in [0.2, 0.25) is 5.02 Å². The van der Waals surface area contributed by atoms with Gasteiger partial charge < -0.3 is 14.0 Å². The SMILES string of the molecule is COC(CCn1ccc(=O)[nH]c1=O)COC(=O)c1cccc(Cl)c1. The number of rotatable bonds is 7. The Bertz CT molecular complexity index is 814. The quantitative estimate of drug-likeness (QED) is 0.762. The molecule has 8 heteroatoms. The number of ether oxygens (including phenoxy) is 2. The lowest BCUT2D eigenvalue weighted by Crippen LogP contribution is -2.31. The number of halogens is 1. The predicted octanol–water partition coefficient (Wildman–Crippen LogP) is 1.45. The minimum absolute atomic E-state index is 0.0416. The van der Waals surface area contributed by atoms with Gasteiger partial charge in [-0.15, -0.1) is 0 Å². The van der Waals surface area contributed by atoms with Crippen LogP contribution in [0.25, 0.3) is 0 Å². The van der Waals surface area contributed by atoms with Crippen molar-refractivity contribution >= 4 is 17.6 Å². The Morgan fingerprint density at radius 3 is 2.79 bits per heavy atom. The van der Waals surface area contributed by atoms with Crippen molar-refractivity contribution in [2.45, 2.75) is 19.1 Å². The minimum Gasteiger partial charge on any atom is -0.459 e. The first-order valence-electron chi connectivity index (χ1n) is 7.25. The molecule has 24 heavy (non-hydrogen) atoms. The number of hydrogen-bond donors (Lipinski definition) is 1. The fraction of sp³-hybridized carbons (Fsp3) is 0.312. The maximum atomic E-state index is 12.0. The summed E-state index contributed by atoms with van der Waals surface area (Å²) in [7, 11) is 1.49. The van der Waals surface area contributed by atoms with Crippen LogP contribution >= 0.6 is 11.6 Å². The summed E-state index contributed by atoms with van der Waals surface area (Å²) in [4.78, 5) is 36.7. The van der Waals surface area contributed by atoms with E-state index in [-0.39, 0.29) is 12.7 Å². The van der Waals surface area contributed by atoms with Gasteiger partial charge in [-0.1, -0.05) is 17.7 Å². The molecule has 0 bridgehead atoms. The van der Waals surface area contributed by atoms with Gasteiger partial charge in [0.2, 0.25) is 0 Å². The molecule has 128 valence electrons. The van der Waals surface area contributed by atoms with Gasteiger partial charge in [-0.3, -0.25) is 9.78 Å². The molecule has 1 N–H and O–H groups in total. The second-order valence-electron chi connectivity index (χ2n) is 5.06. The highest BCUT2D eigenvalue weighted by Crippen LogP contribution is 2.12. The Morgan fingerprint density at radius 2 is 2.12 bits per heavy atom. The maximum Gasteiger partial charge on any atom is 0.338 e. The third-order valence-corrected chi connectivity index (χ3v) is 3.62. The molecule has 0 fully saturated rings. The van der Waals surface area contributed by atoms with E-state index in [1.165, 1.54) is 30.0 Å². The summed E-state index contributed by atoms with van der Waals surface area (Å²) in [5.41, 5.74) is -0.586. The topological polar surface area (TPSA) is 90.4 Å². The lowest BCUT2D eigenvalue weighted by atomic mass is 10.2. The van der Waals surface area contributed by atoms with Gasteiger partial charge in [-0.2, -0.15) is 0 Å². The second-order valence-corrected chi connectivity index (χ2v) is 5.50. The number of hydrogen-bond acceptors (Lipinski definition) is 5. The highest BCUT2D eigenvalue weighted by Gasteiger charge is 2.13. The first kappa shape index (κ1) is 18.0. The molecular formula is C16H17ClN2O5. The van der Waals surface area contributed by atoms with Crippen molar-refractivity contribution in [2.24, 2.45) is 0 Å². The van der Waals surface area contributed by atoms with Crippen LogP contribution in [-0.4, -0.2) is 35.3 Å². The fourth-order valence-electron chi connectivity index (χ4n) is 2.04. The summed E-state index contributed by atoms with van der Waals surface area (Å²) < 4.78 is 11.8. The molecule has 1 aromatic heterocycles. The van der Waals surface area contributed by atoms with Gasteiger partial charge in [0.1, 0.15) is 6.61 Å². The van der Waals surface area contributed by atoms with E-state index in [2.05, 4.69) is 4.98 Å². The van der Waals surface area contributed by atoms with Gasteiger partial charge >= 0.3 is 11.7 Å². The Kier molecular flexibility index (Phi) is 6.34. The van der Waals surface area contributed by atoms with Crippen LogP contribution < -0.4 is 11.2 Å². The molecule has 0 amide bonds. The van der Waals surface area contributed by atoms with Crippen molar-refractivity contribution in [2.75, 3.05) is 13.7 Å². The molecule has 1 heterocycles. The zero-order valence-corrected chi connectivity index (χ0v) is 13.8. The number of aromatic amines is 1. The lowest BCUT2D eigenvalue weighted by Gasteiger charge is -2.16. The van der Waals surface area contributed by atoms with E-state index in [1.807, 2.05) is 0 Å². The molecule has 0 spiro atoms. The number of methoxy groups -OCH3 is 1. The first-order chi connectivity index (χ1) is 11.5. The second kappa shape index (κ2) is 8.47. The van der Waals surface area contributed by atoms with Crippen LogP contribution in [0, 0.1) is 0 Å². The standard InChI is InChI=1S/C16H17ClN2O5/c1-23-13(5-7-19-8-6-14(20)18-16(19)22)10-24-15(21)11-3-2-4-12(17)9-11/h2-4,6,8-9,13H,5,7,10H2,1H3,(H,18,20,22). The van der Waals surface area contributed by atoms with E-state index in [1.54, 1.807) is 18.2 Å². The number of esters is 1. The molecule has 7 nitrogen and oxygen atoms in total. The number of aryl methyl sites for hydroxylation is 1. The van der Waals surface area contributed by atoms with Gasteiger partial charge in [0.15, 0.2) is 0 Å².